The molecule has 1 atom stereocenters. The van der Waals surface area contributed by atoms with Crippen molar-refractivity contribution in [3.05, 3.63) is 72.4 Å². The molecule has 1 aliphatic rings. The fourth-order valence-electron chi connectivity index (χ4n) is 2.81. The van der Waals surface area contributed by atoms with Crippen molar-refractivity contribution in [3.8, 4) is 0 Å². The predicted molar refractivity (Wildman–Crippen MR) is 77.9 cm³/mol. The molecule has 0 amide bonds. The molecule has 1 N–H and O–H groups in total. The normalized spacial score (nSPS) is 21.1. The molecule has 2 heteroatoms. The zero-order chi connectivity index (χ0) is 12.4. The highest BCUT2D eigenvalue weighted by atomic mass is 28.3. The average molecular weight is 252 g/mol. The molecule has 2 aromatic carbocycles. The van der Waals surface area contributed by atoms with Gasteiger partial charge < -0.3 is 5.11 Å². The van der Waals surface area contributed by atoms with Gasteiger partial charge in [-0.1, -0.05) is 72.4 Å². The van der Waals surface area contributed by atoms with Gasteiger partial charge in [0, 0.05) is 0 Å². The third-order valence-corrected chi connectivity index (χ3v) is 8.26. The van der Waals surface area contributed by atoms with E-state index < -0.39 is 8.07 Å². The molecule has 90 valence electrons. The highest BCUT2D eigenvalue weighted by Crippen LogP contribution is 2.22. The van der Waals surface area contributed by atoms with Gasteiger partial charge in [0.05, 0.1) is 6.10 Å². The summed E-state index contributed by atoms with van der Waals surface area (Å²) >= 11 is 0. The first-order valence-corrected chi connectivity index (χ1v) is 8.58. The van der Waals surface area contributed by atoms with Crippen LogP contribution in [0, 0.1) is 0 Å². The first kappa shape index (κ1) is 11.4. The summed E-state index contributed by atoms with van der Waals surface area (Å²) in [5.74, 6) is 0. The molecular weight excluding hydrogens is 236 g/mol. The van der Waals surface area contributed by atoms with Crippen LogP contribution in [0.15, 0.2) is 72.4 Å². The van der Waals surface area contributed by atoms with E-state index in [9.17, 15) is 5.11 Å². The van der Waals surface area contributed by atoms with Gasteiger partial charge in [0.1, 0.15) is 8.07 Å². The SMILES string of the molecule is O[C@H]1C=C[Si](c2ccccc2)(c2ccccc2)C1. The number of hydrogen-bond donors (Lipinski definition) is 1. The molecule has 0 saturated heterocycles. The molecule has 3 rings (SSSR count). The lowest BCUT2D eigenvalue weighted by molar-refractivity contribution is 0.246. The maximum atomic E-state index is 9.94. The van der Waals surface area contributed by atoms with Crippen LogP contribution in [-0.2, 0) is 0 Å². The Morgan fingerprint density at radius 1 is 0.833 bits per heavy atom. The summed E-state index contributed by atoms with van der Waals surface area (Å²) in [5, 5.41) is 12.7. The Labute approximate surface area is 108 Å². The fourth-order valence-corrected chi connectivity index (χ4v) is 7.05. The Kier molecular flexibility index (Phi) is 2.90. The molecule has 0 spiro atoms. The summed E-state index contributed by atoms with van der Waals surface area (Å²) < 4.78 is 0. The van der Waals surface area contributed by atoms with E-state index in [0.29, 0.717) is 0 Å². The Morgan fingerprint density at radius 2 is 1.33 bits per heavy atom. The van der Waals surface area contributed by atoms with Crippen LogP contribution in [0.3, 0.4) is 0 Å². The van der Waals surface area contributed by atoms with Crippen molar-refractivity contribution in [1.82, 2.24) is 0 Å². The second-order valence-corrected chi connectivity index (χ2v) is 8.67. The molecule has 0 aromatic heterocycles. The fraction of sp³-hybridized carbons (Fsp3) is 0.125. The molecule has 2 aromatic rings. The van der Waals surface area contributed by atoms with Crippen molar-refractivity contribution in [2.75, 3.05) is 0 Å². The van der Waals surface area contributed by atoms with Gasteiger partial charge in [-0.15, -0.1) is 0 Å². The summed E-state index contributed by atoms with van der Waals surface area (Å²) in [7, 11) is -1.88. The Balaban J connectivity index is 2.15. The van der Waals surface area contributed by atoms with Crippen molar-refractivity contribution >= 4 is 18.4 Å². The van der Waals surface area contributed by atoms with Crippen molar-refractivity contribution in [2.45, 2.75) is 12.1 Å². The lowest BCUT2D eigenvalue weighted by Crippen LogP contribution is -2.56. The second-order valence-electron chi connectivity index (χ2n) is 4.83. The van der Waals surface area contributed by atoms with Crippen molar-refractivity contribution in [1.29, 1.82) is 0 Å². The van der Waals surface area contributed by atoms with Gasteiger partial charge in [0.15, 0.2) is 0 Å². The van der Waals surface area contributed by atoms with Gasteiger partial charge in [-0.05, 0) is 16.4 Å². The number of aliphatic hydroxyl groups is 1. The summed E-state index contributed by atoms with van der Waals surface area (Å²) in [6, 6.07) is 22.1. The van der Waals surface area contributed by atoms with Crippen LogP contribution < -0.4 is 10.4 Å². The summed E-state index contributed by atoms with van der Waals surface area (Å²) in [6.45, 7) is 0. The van der Waals surface area contributed by atoms with Crippen LogP contribution in [0.2, 0.25) is 6.04 Å². The Morgan fingerprint density at radius 3 is 1.72 bits per heavy atom. The van der Waals surface area contributed by atoms with E-state index in [0.717, 1.165) is 6.04 Å². The smallest absolute Gasteiger partial charge is 0.143 e. The van der Waals surface area contributed by atoms with Crippen LogP contribution >= 0.6 is 0 Å². The third-order valence-electron chi connectivity index (χ3n) is 3.71. The number of aliphatic hydroxyl groups excluding tert-OH is 1. The molecule has 0 fully saturated rings. The van der Waals surface area contributed by atoms with Gasteiger partial charge in [-0.3, -0.25) is 0 Å². The molecule has 0 saturated carbocycles. The molecule has 1 aliphatic heterocycles. The van der Waals surface area contributed by atoms with E-state index in [-0.39, 0.29) is 6.10 Å². The molecule has 1 nitrogen and oxygen atoms in total. The first-order valence-electron chi connectivity index (χ1n) is 6.30. The van der Waals surface area contributed by atoms with Gasteiger partial charge in [-0.2, -0.15) is 0 Å². The van der Waals surface area contributed by atoms with Gasteiger partial charge >= 0.3 is 0 Å². The number of hydrogen-bond acceptors (Lipinski definition) is 1. The second kappa shape index (κ2) is 4.56. The highest BCUT2D eigenvalue weighted by Gasteiger charge is 2.39. The molecule has 1 heterocycles. The van der Waals surface area contributed by atoms with E-state index >= 15 is 0 Å². The molecule has 0 unspecified atom stereocenters. The van der Waals surface area contributed by atoms with Crippen LogP contribution in [0.5, 0.6) is 0 Å². The third kappa shape index (κ3) is 1.84. The summed E-state index contributed by atoms with van der Waals surface area (Å²) in [4.78, 5) is 0. The minimum absolute atomic E-state index is 0.294. The molecule has 0 aliphatic carbocycles. The van der Waals surface area contributed by atoms with Crippen molar-refractivity contribution in [3.63, 3.8) is 0 Å². The number of rotatable bonds is 2. The van der Waals surface area contributed by atoms with Gasteiger partial charge in [-0.25, -0.2) is 0 Å². The molecule has 0 bridgehead atoms. The lowest BCUT2D eigenvalue weighted by Gasteiger charge is -2.26. The van der Waals surface area contributed by atoms with E-state index in [1.165, 1.54) is 10.4 Å². The Hall–Kier alpha value is -1.64. The summed E-state index contributed by atoms with van der Waals surface area (Å²) in [5.41, 5.74) is 2.28. The van der Waals surface area contributed by atoms with Gasteiger partial charge in [0.25, 0.3) is 0 Å². The van der Waals surface area contributed by atoms with Crippen molar-refractivity contribution in [2.24, 2.45) is 0 Å². The first-order chi connectivity index (χ1) is 8.81. The lowest BCUT2D eigenvalue weighted by atomic mass is 10.4. The summed E-state index contributed by atoms with van der Waals surface area (Å²) in [6.07, 6.45) is 1.67. The molecule has 18 heavy (non-hydrogen) atoms. The van der Waals surface area contributed by atoms with E-state index in [2.05, 4.69) is 54.2 Å². The zero-order valence-corrected chi connectivity index (χ0v) is 11.2. The Bertz CT molecular complexity index is 508. The van der Waals surface area contributed by atoms with Crippen LogP contribution in [0.1, 0.15) is 0 Å². The van der Waals surface area contributed by atoms with Crippen LogP contribution in [0.4, 0.5) is 0 Å². The standard InChI is InChI=1S/C16H16OSi/c17-14-11-12-18(13-14,15-7-3-1-4-8-15)16-9-5-2-6-10-16/h1-12,14,17H,13H2/t14-/m0/s1. The average Bonchev–Trinajstić information content (AvgIpc) is 2.84. The van der Waals surface area contributed by atoms with E-state index in [1.54, 1.807) is 0 Å². The van der Waals surface area contributed by atoms with Crippen molar-refractivity contribution < 1.29 is 5.11 Å². The largest absolute Gasteiger partial charge is 0.389 e. The van der Waals surface area contributed by atoms with Gasteiger partial charge in [0.2, 0.25) is 0 Å². The van der Waals surface area contributed by atoms with Crippen LogP contribution in [-0.4, -0.2) is 19.3 Å². The predicted octanol–water partition coefficient (Wildman–Crippen LogP) is 1.72. The van der Waals surface area contributed by atoms with E-state index in [1.807, 2.05) is 18.2 Å². The monoisotopic (exact) mass is 252 g/mol. The number of benzene rings is 2. The minimum atomic E-state index is -1.88. The highest BCUT2D eigenvalue weighted by molar-refractivity contribution is 7.06. The van der Waals surface area contributed by atoms with E-state index in [4.69, 9.17) is 0 Å². The maximum absolute atomic E-state index is 9.94. The maximum Gasteiger partial charge on any atom is 0.143 e. The zero-order valence-electron chi connectivity index (χ0n) is 10.2. The quantitative estimate of drug-likeness (QED) is 0.807. The molecular formula is C16H16OSi. The van der Waals surface area contributed by atoms with Crippen LogP contribution in [0.25, 0.3) is 0 Å². The topological polar surface area (TPSA) is 20.2 Å². The minimum Gasteiger partial charge on any atom is -0.389 e. The molecule has 0 radical (unpaired) electrons.